The number of nitrogens with one attached hydrogen (secondary N) is 1. The zero-order valence-corrected chi connectivity index (χ0v) is 8.61. The van der Waals surface area contributed by atoms with Gasteiger partial charge < -0.3 is 5.73 Å². The molecule has 0 atom stereocenters. The fraction of sp³-hybridized carbons (Fsp3) is 0. The van der Waals surface area contributed by atoms with Gasteiger partial charge in [-0.1, -0.05) is 12.1 Å². The van der Waals surface area contributed by atoms with Crippen molar-refractivity contribution < 1.29 is 0 Å². The van der Waals surface area contributed by atoms with E-state index in [2.05, 4.69) is 26.2 Å². The second kappa shape index (κ2) is 4.52. The Morgan fingerprint density at radius 2 is 2.07 bits per heavy atom. The molecule has 76 valence electrons. The molecule has 5 nitrogen and oxygen atoms in total. The Balaban J connectivity index is 0.000000124. The lowest BCUT2D eigenvalue weighted by atomic mass is 10.3. The van der Waals surface area contributed by atoms with Crippen molar-refractivity contribution in [2.24, 2.45) is 0 Å². The van der Waals surface area contributed by atoms with Crippen molar-refractivity contribution in [2.45, 2.75) is 0 Å². The highest BCUT2D eigenvalue weighted by molar-refractivity contribution is 7.16. The Hall–Kier alpha value is -1.95. The Kier molecular flexibility index (Phi) is 2.89. The van der Waals surface area contributed by atoms with Gasteiger partial charge >= 0.3 is 0 Å². The molecule has 0 saturated carbocycles. The number of thiazole rings is 1. The van der Waals surface area contributed by atoms with Gasteiger partial charge in [-0.15, -0.1) is 11.3 Å². The molecule has 1 aromatic carbocycles. The van der Waals surface area contributed by atoms with Crippen LogP contribution in [0.1, 0.15) is 0 Å². The molecule has 0 aliphatic rings. The van der Waals surface area contributed by atoms with E-state index in [-0.39, 0.29) is 0 Å². The van der Waals surface area contributed by atoms with E-state index in [9.17, 15) is 0 Å². The van der Waals surface area contributed by atoms with E-state index in [1.165, 1.54) is 11.0 Å². The van der Waals surface area contributed by atoms with Crippen molar-refractivity contribution >= 4 is 27.5 Å². The number of nitrogens with two attached hydrogens (primary N) is 1. The molecule has 3 rings (SSSR count). The normalized spacial score (nSPS) is 9.60. The van der Waals surface area contributed by atoms with Crippen LogP contribution in [0.15, 0.2) is 36.1 Å². The van der Waals surface area contributed by atoms with Gasteiger partial charge in [0.2, 0.25) is 5.95 Å². The van der Waals surface area contributed by atoms with Crippen LogP contribution in [0, 0.1) is 0 Å². The number of nitrogen functional groups attached to an aromatic ring is 1. The zero-order valence-electron chi connectivity index (χ0n) is 7.79. The van der Waals surface area contributed by atoms with Crippen LogP contribution in [0.2, 0.25) is 0 Å². The Morgan fingerprint density at radius 1 is 1.20 bits per heavy atom. The van der Waals surface area contributed by atoms with Gasteiger partial charge in [0.25, 0.3) is 0 Å². The molecule has 0 unspecified atom stereocenters. The molecule has 0 bridgehead atoms. The minimum absolute atomic E-state index is 0.356. The minimum Gasteiger partial charge on any atom is -0.368 e. The Morgan fingerprint density at radius 3 is 2.67 bits per heavy atom. The molecule has 0 radical (unpaired) electrons. The maximum absolute atomic E-state index is 5.05. The van der Waals surface area contributed by atoms with E-state index >= 15 is 0 Å². The maximum Gasteiger partial charge on any atom is 0.215 e. The Bertz CT molecular complexity index is 486. The summed E-state index contributed by atoms with van der Waals surface area (Å²) < 4.78 is 1.26. The van der Waals surface area contributed by atoms with Crippen molar-refractivity contribution in [3.05, 3.63) is 36.1 Å². The zero-order chi connectivity index (χ0) is 10.5. The number of fused-ring (bicyclic) bond motifs is 1. The first kappa shape index (κ1) is 9.60. The third-order valence-corrected chi connectivity index (χ3v) is 2.48. The van der Waals surface area contributed by atoms with Crippen LogP contribution in [0.4, 0.5) is 5.95 Å². The van der Waals surface area contributed by atoms with Crippen molar-refractivity contribution in [3.63, 3.8) is 0 Å². The highest BCUT2D eigenvalue weighted by Crippen LogP contribution is 2.15. The number of para-hydroxylation sites is 1. The van der Waals surface area contributed by atoms with Gasteiger partial charge in [-0.2, -0.15) is 5.10 Å². The summed E-state index contributed by atoms with van der Waals surface area (Å²) in [6, 6.07) is 8.13. The Labute approximate surface area is 90.0 Å². The van der Waals surface area contributed by atoms with Gasteiger partial charge in [-0.05, 0) is 12.1 Å². The molecule has 0 amide bonds. The fourth-order valence-electron chi connectivity index (χ4n) is 1.02. The molecule has 3 aromatic rings. The number of H-pyrrole nitrogens is 1. The van der Waals surface area contributed by atoms with Gasteiger partial charge in [0.15, 0.2) is 0 Å². The molecule has 2 aromatic heterocycles. The third-order valence-electron chi connectivity index (χ3n) is 1.67. The quantitative estimate of drug-likeness (QED) is 0.602. The smallest absolute Gasteiger partial charge is 0.215 e. The van der Waals surface area contributed by atoms with Crippen LogP contribution in [-0.2, 0) is 0 Å². The van der Waals surface area contributed by atoms with Gasteiger partial charge in [-0.25, -0.2) is 15.1 Å². The van der Waals surface area contributed by atoms with Gasteiger partial charge in [-0.3, -0.25) is 0 Å². The molecule has 3 N–H and O–H groups in total. The van der Waals surface area contributed by atoms with Gasteiger partial charge in [0, 0.05) is 0 Å². The first-order chi connectivity index (χ1) is 7.36. The van der Waals surface area contributed by atoms with Crippen molar-refractivity contribution in [1.29, 1.82) is 0 Å². The summed E-state index contributed by atoms with van der Waals surface area (Å²) >= 11 is 1.68. The number of hydrogen-bond donors (Lipinski definition) is 2. The van der Waals surface area contributed by atoms with Crippen LogP contribution in [0.25, 0.3) is 10.2 Å². The molecular weight excluding hydrogens is 210 g/mol. The maximum atomic E-state index is 5.05. The topological polar surface area (TPSA) is 80.5 Å². The highest BCUT2D eigenvalue weighted by Gasteiger charge is 1.89. The van der Waals surface area contributed by atoms with Crippen LogP contribution < -0.4 is 5.73 Å². The van der Waals surface area contributed by atoms with Crippen LogP contribution in [0.3, 0.4) is 0 Å². The number of anilines is 1. The summed E-state index contributed by atoms with van der Waals surface area (Å²) in [6.07, 6.45) is 1.36. The number of hydrogen-bond acceptors (Lipinski definition) is 5. The average molecular weight is 219 g/mol. The average Bonchev–Trinajstić information content (AvgIpc) is 2.88. The SMILES string of the molecule is Nc1ncn[nH]1.c1ccc2scnc2c1. The first-order valence-corrected chi connectivity index (χ1v) is 5.13. The van der Waals surface area contributed by atoms with Crippen LogP contribution in [-0.4, -0.2) is 20.2 Å². The number of aromatic amines is 1. The summed E-state index contributed by atoms with van der Waals surface area (Å²) in [4.78, 5) is 7.66. The molecule has 0 spiro atoms. The standard InChI is InChI=1S/C7H5NS.C2H4N4/c1-2-4-7-6(3-1)8-5-9-7;3-2-4-1-5-6-2/h1-5H;1H,(H3,3,4,5,6). The molecule has 6 heteroatoms. The largest absolute Gasteiger partial charge is 0.368 e. The molecule has 15 heavy (non-hydrogen) atoms. The lowest BCUT2D eigenvalue weighted by molar-refractivity contribution is 1.10. The number of aromatic nitrogens is 4. The second-order valence-corrected chi connectivity index (χ2v) is 3.58. The second-order valence-electron chi connectivity index (χ2n) is 2.69. The van der Waals surface area contributed by atoms with Crippen LogP contribution in [0.5, 0.6) is 0 Å². The monoisotopic (exact) mass is 219 g/mol. The summed E-state index contributed by atoms with van der Waals surface area (Å²) in [5.74, 6) is 0.356. The van der Waals surface area contributed by atoms with Gasteiger partial charge in [0.1, 0.15) is 6.33 Å². The van der Waals surface area contributed by atoms with E-state index in [0.29, 0.717) is 5.95 Å². The third kappa shape index (κ3) is 2.50. The van der Waals surface area contributed by atoms with E-state index in [1.807, 2.05) is 23.7 Å². The summed E-state index contributed by atoms with van der Waals surface area (Å²) in [5, 5.41) is 5.88. The molecule has 0 aliphatic heterocycles. The van der Waals surface area contributed by atoms with E-state index in [1.54, 1.807) is 11.3 Å². The van der Waals surface area contributed by atoms with Crippen molar-refractivity contribution in [3.8, 4) is 0 Å². The van der Waals surface area contributed by atoms with E-state index in [4.69, 9.17) is 5.73 Å². The summed E-state index contributed by atoms with van der Waals surface area (Å²) in [7, 11) is 0. The summed E-state index contributed by atoms with van der Waals surface area (Å²) in [6.45, 7) is 0. The predicted octanol–water partition coefficient (Wildman–Crippen LogP) is 1.68. The molecule has 2 heterocycles. The van der Waals surface area contributed by atoms with E-state index in [0.717, 1.165) is 5.52 Å². The molecule has 0 fully saturated rings. The lowest BCUT2D eigenvalue weighted by Gasteiger charge is -1.80. The fourth-order valence-corrected chi connectivity index (χ4v) is 1.70. The number of benzene rings is 1. The number of rotatable bonds is 0. The van der Waals surface area contributed by atoms with Crippen molar-refractivity contribution in [1.82, 2.24) is 20.2 Å². The molecular formula is C9H9N5S. The highest BCUT2D eigenvalue weighted by atomic mass is 32.1. The van der Waals surface area contributed by atoms with Crippen LogP contribution >= 0.6 is 11.3 Å². The molecule has 0 saturated heterocycles. The summed E-state index contributed by atoms with van der Waals surface area (Å²) in [5.41, 5.74) is 8.01. The minimum atomic E-state index is 0.356. The number of nitrogens with zero attached hydrogens (tertiary/aromatic N) is 3. The van der Waals surface area contributed by atoms with Gasteiger partial charge in [0.05, 0.1) is 15.7 Å². The van der Waals surface area contributed by atoms with E-state index < -0.39 is 0 Å². The lowest BCUT2D eigenvalue weighted by Crippen LogP contribution is -1.84. The molecule has 0 aliphatic carbocycles. The predicted molar refractivity (Wildman–Crippen MR) is 60.4 cm³/mol. The van der Waals surface area contributed by atoms with Crippen molar-refractivity contribution in [2.75, 3.05) is 5.73 Å². The first-order valence-electron chi connectivity index (χ1n) is 4.25.